The van der Waals surface area contributed by atoms with Gasteiger partial charge in [-0.25, -0.2) is 9.69 Å². The molecule has 2 aliphatic heterocycles. The molecule has 2 fully saturated rings. The summed E-state index contributed by atoms with van der Waals surface area (Å²) in [6.45, 7) is 4.98. The minimum Gasteiger partial charge on any atom is -0.469 e. The highest BCUT2D eigenvalue weighted by atomic mass is 16.5. The van der Waals surface area contributed by atoms with Crippen LogP contribution in [0.4, 0.5) is 4.79 Å². The van der Waals surface area contributed by atoms with E-state index in [0.29, 0.717) is 30.8 Å². The predicted molar refractivity (Wildman–Crippen MR) is 148 cm³/mol. The third-order valence-corrected chi connectivity index (χ3v) is 7.46. The lowest BCUT2D eigenvalue weighted by Crippen LogP contribution is -2.68. The van der Waals surface area contributed by atoms with Gasteiger partial charge in [0.05, 0.1) is 12.0 Å². The van der Waals surface area contributed by atoms with Crippen molar-refractivity contribution in [2.24, 2.45) is 5.92 Å². The average molecular weight is 527 g/mol. The second kappa shape index (κ2) is 11.7. The van der Waals surface area contributed by atoms with Gasteiger partial charge >= 0.3 is 6.03 Å². The van der Waals surface area contributed by atoms with E-state index in [1.165, 1.54) is 0 Å². The maximum absolute atomic E-state index is 13.2. The third kappa shape index (κ3) is 5.96. The Labute approximate surface area is 229 Å². The van der Waals surface area contributed by atoms with Crippen molar-refractivity contribution in [2.45, 2.75) is 25.6 Å². The quantitative estimate of drug-likeness (QED) is 0.472. The Balaban J connectivity index is 1.30. The van der Waals surface area contributed by atoms with Gasteiger partial charge < -0.3 is 19.9 Å². The Morgan fingerprint density at radius 1 is 0.897 bits per heavy atom. The van der Waals surface area contributed by atoms with Crippen LogP contribution >= 0.6 is 0 Å². The van der Waals surface area contributed by atoms with E-state index in [2.05, 4.69) is 17.3 Å². The zero-order valence-electron chi connectivity index (χ0n) is 22.3. The molecule has 0 saturated carbocycles. The van der Waals surface area contributed by atoms with Gasteiger partial charge in [-0.1, -0.05) is 60.7 Å². The first-order valence-electron chi connectivity index (χ1n) is 13.4. The number of likely N-dealkylation sites (tertiary alicyclic amines) is 1. The van der Waals surface area contributed by atoms with Crippen molar-refractivity contribution in [1.82, 2.24) is 20.0 Å². The van der Waals surface area contributed by atoms with Crippen molar-refractivity contribution in [3.05, 3.63) is 102 Å². The van der Waals surface area contributed by atoms with Crippen LogP contribution in [0, 0.1) is 5.92 Å². The van der Waals surface area contributed by atoms with Crippen LogP contribution in [0.3, 0.4) is 0 Å². The molecular formula is C31H34N4O4. The average Bonchev–Trinajstić information content (AvgIpc) is 2.97. The second-order valence-corrected chi connectivity index (χ2v) is 10.2. The molecule has 0 spiro atoms. The second-order valence-electron chi connectivity index (χ2n) is 10.2. The lowest BCUT2D eigenvalue weighted by molar-refractivity contribution is -0.166. The normalized spacial score (nSPS) is 20.2. The molecule has 2 heterocycles. The molecule has 2 saturated heterocycles. The molecule has 1 N–H and O–H groups in total. The zero-order chi connectivity index (χ0) is 27.4. The van der Waals surface area contributed by atoms with Crippen LogP contribution in [0.25, 0.3) is 0 Å². The summed E-state index contributed by atoms with van der Waals surface area (Å²) in [5, 5.41) is 2.92. The molecule has 2 aliphatic rings. The predicted octanol–water partition coefficient (Wildman–Crippen LogP) is 3.95. The molecule has 8 heteroatoms. The van der Waals surface area contributed by atoms with E-state index in [0.717, 1.165) is 29.1 Å². The molecule has 8 nitrogen and oxygen atoms in total. The molecule has 0 unspecified atom stereocenters. The van der Waals surface area contributed by atoms with Crippen molar-refractivity contribution < 1.29 is 19.1 Å². The topological polar surface area (TPSA) is 82.2 Å². The lowest BCUT2D eigenvalue weighted by atomic mass is 9.89. The van der Waals surface area contributed by atoms with E-state index in [1.54, 1.807) is 24.3 Å². The number of nitrogens with one attached hydrogen (secondary N) is 1. The number of rotatable bonds is 7. The number of likely N-dealkylation sites (N-methyl/N-ethyl adjacent to an activating group) is 1. The van der Waals surface area contributed by atoms with Gasteiger partial charge in [0.1, 0.15) is 5.75 Å². The number of hydrogen-bond acceptors (Lipinski definition) is 5. The maximum atomic E-state index is 13.2. The van der Waals surface area contributed by atoms with E-state index >= 15 is 0 Å². The summed E-state index contributed by atoms with van der Waals surface area (Å²) in [5.41, 5.74) is 2.52. The standard InChI is InChI=1S/C31H34N4O4/c1-22(24-11-7-4-8-12-24)32-31(38)35-29(37)27(21-23-9-5-3-6-10-23)30(35)39-26-15-13-25(14-16-26)28(36)34-19-17-33(2)18-20-34/h3-16,22,27,30H,17-21H2,1-2H3,(H,32,38)/t22-,27-,30+/m1/s1. The van der Waals surface area contributed by atoms with E-state index in [-0.39, 0.29) is 17.9 Å². The van der Waals surface area contributed by atoms with Crippen LogP contribution in [0.5, 0.6) is 5.75 Å². The first-order chi connectivity index (χ1) is 18.9. The number of urea groups is 1. The van der Waals surface area contributed by atoms with Gasteiger partial charge in [-0.3, -0.25) is 9.59 Å². The molecule has 3 aromatic rings. The zero-order valence-corrected chi connectivity index (χ0v) is 22.3. The van der Waals surface area contributed by atoms with Crippen LogP contribution < -0.4 is 10.1 Å². The fourth-order valence-corrected chi connectivity index (χ4v) is 5.02. The first-order valence-corrected chi connectivity index (χ1v) is 13.4. The number of β-lactam (4-membered cyclic amide) rings is 1. The monoisotopic (exact) mass is 526 g/mol. The molecular weight excluding hydrogens is 492 g/mol. The van der Waals surface area contributed by atoms with Crippen LogP contribution in [0.2, 0.25) is 0 Å². The number of ether oxygens (including phenoxy) is 1. The SMILES string of the molecule is C[C@@H](NC(=O)N1C(=O)[C@@H](Cc2ccccc2)[C@@H]1Oc1ccc(C(=O)N2CCN(C)CC2)cc1)c1ccccc1. The van der Waals surface area contributed by atoms with Crippen molar-refractivity contribution in [3.63, 3.8) is 0 Å². The van der Waals surface area contributed by atoms with Crippen LogP contribution in [0.1, 0.15) is 34.5 Å². The van der Waals surface area contributed by atoms with Crippen LogP contribution in [-0.2, 0) is 11.2 Å². The van der Waals surface area contributed by atoms with Crippen molar-refractivity contribution in [1.29, 1.82) is 0 Å². The molecule has 3 aromatic carbocycles. The summed E-state index contributed by atoms with van der Waals surface area (Å²) in [6, 6.07) is 25.5. The van der Waals surface area contributed by atoms with Crippen molar-refractivity contribution >= 4 is 17.8 Å². The highest BCUT2D eigenvalue weighted by Crippen LogP contribution is 2.33. The fraction of sp³-hybridized carbons (Fsp3) is 0.323. The molecule has 0 aliphatic carbocycles. The number of carbonyl (C=O) groups is 3. The molecule has 5 rings (SSSR count). The van der Waals surface area contributed by atoms with Crippen molar-refractivity contribution in [2.75, 3.05) is 33.2 Å². The molecule has 0 aromatic heterocycles. The molecule has 3 atom stereocenters. The highest BCUT2D eigenvalue weighted by molar-refractivity contribution is 6.01. The Morgan fingerprint density at radius 2 is 1.51 bits per heavy atom. The number of imide groups is 1. The summed E-state index contributed by atoms with van der Waals surface area (Å²) in [5.74, 6) is -0.291. The Kier molecular flexibility index (Phi) is 7.93. The van der Waals surface area contributed by atoms with Gasteiger partial charge in [0, 0.05) is 31.7 Å². The first kappa shape index (κ1) is 26.4. The molecule has 4 amide bonds. The van der Waals surface area contributed by atoms with Gasteiger partial charge in [0.2, 0.25) is 5.91 Å². The number of piperazine rings is 1. The van der Waals surface area contributed by atoms with Crippen LogP contribution in [-0.4, -0.2) is 72.0 Å². The van der Waals surface area contributed by atoms with E-state index < -0.39 is 18.2 Å². The molecule has 202 valence electrons. The minimum absolute atomic E-state index is 0.00803. The Hall–Kier alpha value is -4.17. The lowest BCUT2D eigenvalue weighted by Gasteiger charge is -2.45. The van der Waals surface area contributed by atoms with E-state index in [9.17, 15) is 14.4 Å². The molecule has 0 bridgehead atoms. The number of amides is 4. The van der Waals surface area contributed by atoms with Gasteiger partial charge in [-0.05, 0) is 55.8 Å². The third-order valence-electron chi connectivity index (χ3n) is 7.46. The van der Waals surface area contributed by atoms with E-state index in [4.69, 9.17) is 4.74 Å². The number of hydrogen-bond donors (Lipinski definition) is 1. The number of nitrogens with zero attached hydrogens (tertiary/aromatic N) is 3. The molecule has 39 heavy (non-hydrogen) atoms. The van der Waals surface area contributed by atoms with Gasteiger partial charge in [0.25, 0.3) is 5.91 Å². The minimum atomic E-state index is -0.764. The molecule has 0 radical (unpaired) electrons. The fourth-order valence-electron chi connectivity index (χ4n) is 5.02. The van der Waals surface area contributed by atoms with E-state index in [1.807, 2.05) is 72.5 Å². The number of carbonyl (C=O) groups excluding carboxylic acids is 3. The van der Waals surface area contributed by atoms with Gasteiger partial charge in [0.15, 0.2) is 6.23 Å². The van der Waals surface area contributed by atoms with Gasteiger partial charge in [-0.2, -0.15) is 0 Å². The Bertz CT molecular complexity index is 1290. The Morgan fingerprint density at radius 3 is 2.15 bits per heavy atom. The van der Waals surface area contributed by atoms with Gasteiger partial charge in [-0.15, -0.1) is 0 Å². The highest BCUT2D eigenvalue weighted by Gasteiger charge is 2.52. The van der Waals surface area contributed by atoms with Crippen LogP contribution in [0.15, 0.2) is 84.9 Å². The summed E-state index contributed by atoms with van der Waals surface area (Å²) in [7, 11) is 2.05. The largest absolute Gasteiger partial charge is 0.469 e. The van der Waals surface area contributed by atoms with Crippen molar-refractivity contribution in [3.8, 4) is 5.75 Å². The summed E-state index contributed by atoms with van der Waals surface area (Å²) in [6.07, 6.45) is -0.303. The summed E-state index contributed by atoms with van der Waals surface area (Å²) < 4.78 is 6.23. The summed E-state index contributed by atoms with van der Waals surface area (Å²) in [4.78, 5) is 44.6. The number of benzene rings is 3. The maximum Gasteiger partial charge on any atom is 0.327 e. The smallest absolute Gasteiger partial charge is 0.327 e. The summed E-state index contributed by atoms with van der Waals surface area (Å²) >= 11 is 0.